The molecule has 0 aromatic heterocycles. The molecule has 0 saturated carbocycles. The van der Waals surface area contributed by atoms with Crippen LogP contribution in [0, 0.1) is 10.1 Å². The zero-order chi connectivity index (χ0) is 20.5. The van der Waals surface area contributed by atoms with E-state index in [0.717, 1.165) is 5.01 Å². The second-order valence-electron chi connectivity index (χ2n) is 7.14. The van der Waals surface area contributed by atoms with Gasteiger partial charge in [-0.1, -0.05) is 30.3 Å². The van der Waals surface area contributed by atoms with Gasteiger partial charge < -0.3 is 4.74 Å². The number of nitrogens with one attached hydrogen (secondary N) is 1. The third-order valence-corrected chi connectivity index (χ3v) is 3.84. The number of carbonyl (C=O) groups excluding carboxylic acids is 2. The highest BCUT2D eigenvalue weighted by Gasteiger charge is 2.35. The van der Waals surface area contributed by atoms with Crippen molar-refractivity contribution in [3.8, 4) is 5.75 Å². The maximum absolute atomic E-state index is 12.7. The van der Waals surface area contributed by atoms with E-state index >= 15 is 0 Å². The summed E-state index contributed by atoms with van der Waals surface area (Å²) in [5.41, 5.74) is 2.19. The first-order valence-corrected chi connectivity index (χ1v) is 8.56. The number of ether oxygens (including phenoxy) is 1. The fourth-order valence-corrected chi connectivity index (χ4v) is 2.69. The topological polar surface area (TPSA) is 102 Å². The van der Waals surface area contributed by atoms with Crippen molar-refractivity contribution in [2.75, 3.05) is 5.01 Å². The Balaban J connectivity index is 2.06. The van der Waals surface area contributed by atoms with Crippen molar-refractivity contribution < 1.29 is 19.2 Å². The Morgan fingerprint density at radius 1 is 1.07 bits per heavy atom. The second kappa shape index (κ2) is 7.15. The first kappa shape index (κ1) is 19.1. The van der Waals surface area contributed by atoms with Crippen LogP contribution in [0.4, 0.5) is 11.4 Å². The molecule has 0 atom stereocenters. The molecule has 0 radical (unpaired) electrons. The molecule has 1 fully saturated rings. The summed E-state index contributed by atoms with van der Waals surface area (Å²) in [5.74, 6) is -1.14. The van der Waals surface area contributed by atoms with Crippen LogP contribution in [0.15, 0.2) is 54.1 Å². The molecule has 0 bridgehead atoms. The van der Waals surface area contributed by atoms with E-state index in [0.29, 0.717) is 5.69 Å². The summed E-state index contributed by atoms with van der Waals surface area (Å²) >= 11 is 0. The number of hydrogen-bond acceptors (Lipinski definition) is 5. The number of carbonyl (C=O) groups is 2. The lowest BCUT2D eigenvalue weighted by Crippen LogP contribution is -2.35. The van der Waals surface area contributed by atoms with E-state index in [4.69, 9.17) is 4.74 Å². The van der Waals surface area contributed by atoms with Crippen molar-refractivity contribution >= 4 is 29.3 Å². The van der Waals surface area contributed by atoms with Gasteiger partial charge in [-0.25, -0.2) is 5.01 Å². The van der Waals surface area contributed by atoms with Gasteiger partial charge in [-0.05, 0) is 39.0 Å². The van der Waals surface area contributed by atoms with Gasteiger partial charge in [0.25, 0.3) is 11.8 Å². The Kier molecular flexibility index (Phi) is 4.87. The molecule has 2 aromatic rings. The minimum Gasteiger partial charge on any atom is -0.481 e. The lowest BCUT2D eigenvalue weighted by Gasteiger charge is -2.22. The first-order chi connectivity index (χ1) is 13.2. The highest BCUT2D eigenvalue weighted by Crippen LogP contribution is 2.35. The molecule has 1 aliphatic heterocycles. The molecule has 28 heavy (non-hydrogen) atoms. The zero-order valence-corrected chi connectivity index (χ0v) is 15.6. The molecular formula is C20H19N3O5. The minimum absolute atomic E-state index is 0.00580. The number of amides is 2. The summed E-state index contributed by atoms with van der Waals surface area (Å²) < 4.78 is 5.77. The molecule has 2 aromatic carbocycles. The average Bonchev–Trinajstić information content (AvgIpc) is 2.90. The number of nitrogens with zero attached hydrogens (tertiary/aromatic N) is 2. The summed E-state index contributed by atoms with van der Waals surface area (Å²) in [6.45, 7) is 5.27. The van der Waals surface area contributed by atoms with E-state index in [1.165, 1.54) is 18.2 Å². The quantitative estimate of drug-likeness (QED) is 0.379. The number of para-hydroxylation sites is 2. The summed E-state index contributed by atoms with van der Waals surface area (Å²) in [6.07, 6.45) is 1.31. The van der Waals surface area contributed by atoms with Gasteiger partial charge >= 0.3 is 5.69 Å². The second-order valence-corrected chi connectivity index (χ2v) is 7.14. The van der Waals surface area contributed by atoms with Crippen molar-refractivity contribution in [1.29, 1.82) is 0 Å². The van der Waals surface area contributed by atoms with E-state index in [1.54, 1.807) is 57.2 Å². The van der Waals surface area contributed by atoms with E-state index in [-0.39, 0.29) is 22.6 Å². The van der Waals surface area contributed by atoms with E-state index < -0.39 is 22.3 Å². The predicted octanol–water partition coefficient (Wildman–Crippen LogP) is 3.23. The van der Waals surface area contributed by atoms with Gasteiger partial charge in [-0.2, -0.15) is 0 Å². The Hall–Kier alpha value is -3.68. The lowest BCUT2D eigenvalue weighted by atomic mass is 10.1. The molecule has 2 amide bonds. The lowest BCUT2D eigenvalue weighted by molar-refractivity contribution is -0.386. The molecule has 1 heterocycles. The summed E-state index contributed by atoms with van der Waals surface area (Å²) in [5, 5.41) is 12.5. The number of anilines is 1. The molecule has 1 aliphatic rings. The van der Waals surface area contributed by atoms with Crippen LogP contribution >= 0.6 is 0 Å². The van der Waals surface area contributed by atoms with Crippen LogP contribution in [-0.4, -0.2) is 22.3 Å². The summed E-state index contributed by atoms with van der Waals surface area (Å²) in [4.78, 5) is 36.0. The minimum atomic E-state index is -0.711. The Labute approximate surface area is 161 Å². The zero-order valence-electron chi connectivity index (χ0n) is 15.6. The SMILES string of the molecule is CC(C)(C)Oc1c(/C=C2/C(=O)NN(c3ccccc3)C2=O)cccc1[N+](=O)[O-]. The van der Waals surface area contributed by atoms with E-state index in [2.05, 4.69) is 5.43 Å². The largest absolute Gasteiger partial charge is 0.481 e. The molecule has 8 heteroatoms. The van der Waals surface area contributed by atoms with Crippen molar-refractivity contribution in [2.45, 2.75) is 26.4 Å². The van der Waals surface area contributed by atoms with Gasteiger partial charge in [-0.15, -0.1) is 0 Å². The van der Waals surface area contributed by atoms with E-state index in [9.17, 15) is 19.7 Å². The number of benzene rings is 2. The van der Waals surface area contributed by atoms with Gasteiger partial charge in [0.1, 0.15) is 11.2 Å². The molecule has 0 spiro atoms. The number of nitro benzene ring substituents is 1. The van der Waals surface area contributed by atoms with Crippen LogP contribution < -0.4 is 15.2 Å². The third-order valence-electron chi connectivity index (χ3n) is 3.84. The van der Waals surface area contributed by atoms with Crippen molar-refractivity contribution in [3.63, 3.8) is 0 Å². The Bertz CT molecular complexity index is 977. The van der Waals surface area contributed by atoms with Gasteiger partial charge in [0.05, 0.1) is 10.6 Å². The van der Waals surface area contributed by atoms with E-state index in [1.807, 2.05) is 0 Å². The smallest absolute Gasteiger partial charge is 0.311 e. The highest BCUT2D eigenvalue weighted by atomic mass is 16.6. The fourth-order valence-electron chi connectivity index (χ4n) is 2.69. The standard InChI is InChI=1S/C20H19N3O5/c1-20(2,3)28-17-13(8-7-11-16(17)23(26)27)12-15-18(24)21-22(19(15)25)14-9-5-4-6-10-14/h4-12H,1-3H3,(H,21,24)/b15-12-. The van der Waals surface area contributed by atoms with Gasteiger partial charge in [0.15, 0.2) is 0 Å². The van der Waals surface area contributed by atoms with Crippen LogP contribution in [0.25, 0.3) is 6.08 Å². The number of rotatable bonds is 4. The average molecular weight is 381 g/mol. The molecule has 0 aliphatic carbocycles. The van der Waals surface area contributed by atoms with Crippen molar-refractivity contribution in [3.05, 3.63) is 69.8 Å². The molecule has 3 rings (SSSR count). The predicted molar refractivity (Wildman–Crippen MR) is 104 cm³/mol. The number of nitro groups is 1. The third kappa shape index (κ3) is 3.85. The Morgan fingerprint density at radius 3 is 2.36 bits per heavy atom. The fraction of sp³-hybridized carbons (Fsp3) is 0.200. The van der Waals surface area contributed by atoms with Crippen molar-refractivity contribution in [2.24, 2.45) is 0 Å². The first-order valence-electron chi connectivity index (χ1n) is 8.56. The van der Waals surface area contributed by atoms with Crippen LogP contribution in [-0.2, 0) is 9.59 Å². The van der Waals surface area contributed by atoms with Crippen LogP contribution in [0.3, 0.4) is 0 Å². The van der Waals surface area contributed by atoms with Gasteiger partial charge in [0, 0.05) is 11.6 Å². The van der Waals surface area contributed by atoms with Crippen molar-refractivity contribution in [1.82, 2.24) is 5.43 Å². The number of hydrazine groups is 1. The molecule has 0 unspecified atom stereocenters. The normalized spacial score (nSPS) is 15.7. The van der Waals surface area contributed by atoms with Gasteiger partial charge in [0.2, 0.25) is 5.75 Å². The number of hydrogen-bond donors (Lipinski definition) is 1. The molecule has 8 nitrogen and oxygen atoms in total. The van der Waals surface area contributed by atoms with Crippen LogP contribution in [0.1, 0.15) is 26.3 Å². The Morgan fingerprint density at radius 2 is 1.75 bits per heavy atom. The van der Waals surface area contributed by atoms with Gasteiger partial charge in [-0.3, -0.25) is 25.1 Å². The molecular weight excluding hydrogens is 362 g/mol. The molecule has 144 valence electrons. The van der Waals surface area contributed by atoms with Crippen LogP contribution in [0.5, 0.6) is 5.75 Å². The monoisotopic (exact) mass is 381 g/mol. The molecule has 1 saturated heterocycles. The summed E-state index contributed by atoms with van der Waals surface area (Å²) in [6, 6.07) is 13.0. The maximum Gasteiger partial charge on any atom is 0.311 e. The summed E-state index contributed by atoms with van der Waals surface area (Å²) in [7, 11) is 0. The highest BCUT2D eigenvalue weighted by molar-refractivity contribution is 6.31. The van der Waals surface area contributed by atoms with Crippen LogP contribution in [0.2, 0.25) is 0 Å². The maximum atomic E-state index is 12.7. The molecule has 1 N–H and O–H groups in total.